The van der Waals surface area contributed by atoms with Gasteiger partial charge in [-0.2, -0.15) is 0 Å². The van der Waals surface area contributed by atoms with Gasteiger partial charge in [-0.15, -0.1) is 0 Å². The summed E-state index contributed by atoms with van der Waals surface area (Å²) in [5.41, 5.74) is 9.36. The van der Waals surface area contributed by atoms with Crippen molar-refractivity contribution in [2.45, 2.75) is 0 Å². The van der Waals surface area contributed by atoms with Crippen LogP contribution in [-0.2, 0) is 0 Å². The predicted octanol–water partition coefficient (Wildman–Crippen LogP) is 16.7. The smallest absolute Gasteiger partial charge is 0.143 e. The fourth-order valence-electron chi connectivity index (χ4n) is 10.3. The number of hydrogen-bond acceptors (Lipinski definition) is 1. The lowest BCUT2D eigenvalue weighted by Crippen LogP contribution is -1.93. The summed E-state index contributed by atoms with van der Waals surface area (Å²) in [6.45, 7) is 0. The van der Waals surface area contributed by atoms with E-state index in [1.165, 1.54) is 98.0 Å². The van der Waals surface area contributed by atoms with Gasteiger partial charge >= 0.3 is 0 Å². The molecule has 0 saturated carbocycles. The van der Waals surface area contributed by atoms with Crippen molar-refractivity contribution in [3.05, 3.63) is 206 Å². The van der Waals surface area contributed by atoms with Crippen molar-refractivity contribution in [2.24, 2.45) is 0 Å². The highest BCUT2D eigenvalue weighted by atomic mass is 16.3. The second kappa shape index (κ2) is 12.4. The molecule has 1 heterocycles. The Labute approximate surface area is 340 Å². The lowest BCUT2D eigenvalue weighted by atomic mass is 9.83. The molecule has 12 aromatic carbocycles. The molecular weight excluding hydrogens is 713 g/mol. The molecule has 59 heavy (non-hydrogen) atoms. The van der Waals surface area contributed by atoms with E-state index in [2.05, 4.69) is 206 Å². The number of rotatable bonds is 3. The Bertz CT molecular complexity index is 3840. The third kappa shape index (κ3) is 4.62. The summed E-state index contributed by atoms with van der Waals surface area (Å²) < 4.78 is 6.90. The topological polar surface area (TPSA) is 13.1 Å². The van der Waals surface area contributed by atoms with Crippen LogP contribution in [0.4, 0.5) is 0 Å². The van der Waals surface area contributed by atoms with E-state index in [1.54, 1.807) is 0 Å². The summed E-state index contributed by atoms with van der Waals surface area (Å²) in [7, 11) is 0. The van der Waals surface area contributed by atoms with Gasteiger partial charge in [-0.3, -0.25) is 0 Å². The minimum absolute atomic E-state index is 0.941. The molecule has 1 nitrogen and oxygen atoms in total. The largest absolute Gasteiger partial charge is 0.455 e. The van der Waals surface area contributed by atoms with Crippen LogP contribution in [0.2, 0.25) is 0 Å². The van der Waals surface area contributed by atoms with Crippen molar-refractivity contribution in [3.8, 4) is 33.4 Å². The van der Waals surface area contributed by atoms with Crippen molar-refractivity contribution < 1.29 is 4.42 Å². The van der Waals surface area contributed by atoms with Crippen LogP contribution >= 0.6 is 0 Å². The molecule has 0 fully saturated rings. The van der Waals surface area contributed by atoms with Crippen LogP contribution in [-0.4, -0.2) is 0 Å². The molecule has 0 aliphatic carbocycles. The molecule has 0 aliphatic heterocycles. The van der Waals surface area contributed by atoms with Crippen LogP contribution in [0.1, 0.15) is 0 Å². The summed E-state index contributed by atoms with van der Waals surface area (Å²) in [5, 5.41) is 19.5. The molecule has 1 aromatic heterocycles. The second-order valence-electron chi connectivity index (χ2n) is 15.8. The van der Waals surface area contributed by atoms with E-state index in [9.17, 15) is 0 Å². The highest BCUT2D eigenvalue weighted by Gasteiger charge is 2.21. The predicted molar refractivity (Wildman–Crippen MR) is 253 cm³/mol. The van der Waals surface area contributed by atoms with Crippen LogP contribution in [0.5, 0.6) is 0 Å². The zero-order chi connectivity index (χ0) is 38.6. The molecule has 1 heteroatoms. The summed E-state index contributed by atoms with van der Waals surface area (Å²) in [4.78, 5) is 0. The number of furan rings is 1. The zero-order valence-corrected chi connectivity index (χ0v) is 32.0. The Morgan fingerprint density at radius 1 is 0.237 bits per heavy atom. The van der Waals surface area contributed by atoms with Crippen LogP contribution in [0.25, 0.3) is 131 Å². The Morgan fingerprint density at radius 3 is 1.39 bits per heavy atom. The molecule has 0 saturated heterocycles. The lowest BCUT2D eigenvalue weighted by molar-refractivity contribution is 0.676. The van der Waals surface area contributed by atoms with E-state index >= 15 is 0 Å². The molecule has 0 spiro atoms. The maximum atomic E-state index is 6.90. The third-order valence-corrected chi connectivity index (χ3v) is 12.8. The lowest BCUT2D eigenvalue weighted by Gasteiger charge is -2.20. The second-order valence-corrected chi connectivity index (χ2v) is 15.8. The molecular formula is C58H34O. The van der Waals surface area contributed by atoms with Gasteiger partial charge in [0.2, 0.25) is 0 Å². The molecule has 0 radical (unpaired) electrons. The Hall–Kier alpha value is -7.74. The average molecular weight is 747 g/mol. The van der Waals surface area contributed by atoms with Gasteiger partial charge in [0.15, 0.2) is 0 Å². The van der Waals surface area contributed by atoms with Gasteiger partial charge in [-0.25, -0.2) is 0 Å². The summed E-state index contributed by atoms with van der Waals surface area (Å²) >= 11 is 0. The summed E-state index contributed by atoms with van der Waals surface area (Å²) in [6, 6.07) is 75.7. The fourth-order valence-corrected chi connectivity index (χ4v) is 10.3. The maximum absolute atomic E-state index is 6.90. The first kappa shape index (κ1) is 32.4. The van der Waals surface area contributed by atoms with E-state index in [4.69, 9.17) is 4.42 Å². The first-order valence-corrected chi connectivity index (χ1v) is 20.4. The van der Waals surface area contributed by atoms with Crippen LogP contribution in [0, 0.1) is 0 Å². The van der Waals surface area contributed by atoms with Crippen LogP contribution in [0.3, 0.4) is 0 Å². The van der Waals surface area contributed by atoms with Gasteiger partial charge in [0.1, 0.15) is 11.2 Å². The Morgan fingerprint density at radius 2 is 0.712 bits per heavy atom. The minimum atomic E-state index is 0.941. The molecule has 0 aliphatic rings. The molecule has 0 atom stereocenters. The molecule has 13 rings (SSSR count). The monoisotopic (exact) mass is 746 g/mol. The van der Waals surface area contributed by atoms with Gasteiger partial charge in [0, 0.05) is 21.5 Å². The first-order valence-electron chi connectivity index (χ1n) is 20.4. The van der Waals surface area contributed by atoms with Crippen molar-refractivity contribution in [3.63, 3.8) is 0 Å². The summed E-state index contributed by atoms with van der Waals surface area (Å²) in [5.74, 6) is 0. The summed E-state index contributed by atoms with van der Waals surface area (Å²) in [6.07, 6.45) is 0. The molecule has 0 amide bonds. The Balaban J connectivity index is 1.02. The highest BCUT2D eigenvalue weighted by molar-refractivity contribution is 6.32. The van der Waals surface area contributed by atoms with Crippen LogP contribution in [0.15, 0.2) is 211 Å². The van der Waals surface area contributed by atoms with E-state index < -0.39 is 0 Å². The average Bonchev–Trinajstić information content (AvgIpc) is 3.71. The van der Waals surface area contributed by atoms with E-state index in [0.717, 1.165) is 32.7 Å². The van der Waals surface area contributed by atoms with Crippen molar-refractivity contribution in [1.29, 1.82) is 0 Å². The normalized spacial score (nSPS) is 12.1. The van der Waals surface area contributed by atoms with Gasteiger partial charge in [0.25, 0.3) is 0 Å². The van der Waals surface area contributed by atoms with Gasteiger partial charge in [-0.05, 0) is 116 Å². The quantitative estimate of drug-likeness (QED) is 0.130. The first-order chi connectivity index (χ1) is 29.3. The van der Waals surface area contributed by atoms with Gasteiger partial charge in [0.05, 0.1) is 0 Å². The third-order valence-electron chi connectivity index (χ3n) is 12.8. The maximum Gasteiger partial charge on any atom is 0.143 e. The van der Waals surface area contributed by atoms with Crippen molar-refractivity contribution in [2.75, 3.05) is 0 Å². The highest BCUT2D eigenvalue weighted by Crippen LogP contribution is 2.48. The van der Waals surface area contributed by atoms with Crippen molar-refractivity contribution >= 4 is 97.3 Å². The Kier molecular flexibility index (Phi) is 6.79. The van der Waals surface area contributed by atoms with E-state index in [0.29, 0.717) is 0 Å². The fraction of sp³-hybridized carbons (Fsp3) is 0. The number of benzene rings is 12. The minimum Gasteiger partial charge on any atom is -0.455 e. The molecule has 13 aromatic rings. The number of hydrogen-bond donors (Lipinski definition) is 0. The SMILES string of the molecule is c1ccc2c(-c3c4ccccc4c(-c4ccc(-c5ccc6c(ccc7c6oc6c8ccccc8c8ccccc8c76)c5)c5ccccc45)c4ccccc34)cccc2c1. The standard InChI is InChI=1S/C58H34O/c1-2-16-38-35(14-1)15-13-27-45(38)54-47-22-8-10-24-49(47)55(50-25-11-9-23-48(50)54)51-33-32-39(41-17-3-4-18-42(41)51)36-28-30-40-37(34-36)29-31-53-56-46-21-7-5-19-43(46)44-20-6-12-26-52(44)58(56)59-57(40)53/h1-34H. The van der Waals surface area contributed by atoms with Gasteiger partial charge in [-0.1, -0.05) is 188 Å². The van der Waals surface area contributed by atoms with Crippen molar-refractivity contribution in [1.82, 2.24) is 0 Å². The zero-order valence-electron chi connectivity index (χ0n) is 32.0. The van der Waals surface area contributed by atoms with Gasteiger partial charge < -0.3 is 4.42 Å². The number of fused-ring (bicyclic) bond motifs is 14. The van der Waals surface area contributed by atoms with E-state index in [1.807, 2.05) is 0 Å². The molecule has 272 valence electrons. The molecule has 0 unspecified atom stereocenters. The van der Waals surface area contributed by atoms with Crippen LogP contribution < -0.4 is 0 Å². The molecule has 0 bridgehead atoms. The van der Waals surface area contributed by atoms with E-state index in [-0.39, 0.29) is 0 Å². The molecule has 0 N–H and O–H groups in total.